The predicted octanol–water partition coefficient (Wildman–Crippen LogP) is 1.57. The molecule has 2 heterocycles. The summed E-state index contributed by atoms with van der Waals surface area (Å²) in [7, 11) is 0. The minimum Gasteiger partial charge on any atom is -0.329 e. The summed E-state index contributed by atoms with van der Waals surface area (Å²) in [6, 6.07) is 4.73. The maximum Gasteiger partial charge on any atom is 0.0363 e. The molecule has 0 unspecified atom stereocenters. The minimum absolute atomic E-state index is 0.538. The van der Waals surface area contributed by atoms with Gasteiger partial charge < -0.3 is 5.73 Å². The van der Waals surface area contributed by atoms with Crippen molar-refractivity contribution in [3.8, 4) is 0 Å². The van der Waals surface area contributed by atoms with E-state index in [-0.39, 0.29) is 0 Å². The van der Waals surface area contributed by atoms with E-state index in [9.17, 15) is 0 Å². The van der Waals surface area contributed by atoms with Crippen LogP contribution in [-0.4, -0.2) is 29.5 Å². The van der Waals surface area contributed by atoms with Crippen LogP contribution in [0, 0.1) is 0 Å². The third kappa shape index (κ3) is 2.55. The van der Waals surface area contributed by atoms with E-state index < -0.39 is 0 Å². The van der Waals surface area contributed by atoms with Gasteiger partial charge in [0, 0.05) is 31.5 Å². The summed E-state index contributed by atoms with van der Waals surface area (Å²) < 4.78 is 0. The fourth-order valence-electron chi connectivity index (χ4n) is 2.38. The third-order valence-electron chi connectivity index (χ3n) is 3.10. The summed E-state index contributed by atoms with van der Waals surface area (Å²) in [6.45, 7) is 2.92. The van der Waals surface area contributed by atoms with Gasteiger partial charge in [-0.15, -0.1) is 0 Å². The molecule has 0 saturated carbocycles. The molecule has 1 aliphatic heterocycles. The maximum atomic E-state index is 5.64. The van der Waals surface area contributed by atoms with Gasteiger partial charge in [-0.25, -0.2) is 0 Å². The molecule has 0 radical (unpaired) electrons. The van der Waals surface area contributed by atoms with Crippen LogP contribution < -0.4 is 5.73 Å². The Morgan fingerprint density at radius 2 is 2.40 bits per heavy atom. The molecule has 1 atom stereocenters. The second-order valence-electron chi connectivity index (χ2n) is 4.12. The summed E-state index contributed by atoms with van der Waals surface area (Å²) in [5.74, 6) is 0. The van der Waals surface area contributed by atoms with E-state index in [4.69, 9.17) is 5.73 Å². The molecule has 0 bridgehead atoms. The number of rotatable bonds is 3. The van der Waals surface area contributed by atoms with E-state index in [1.807, 2.05) is 18.5 Å². The van der Waals surface area contributed by atoms with Gasteiger partial charge in [0.15, 0.2) is 0 Å². The van der Waals surface area contributed by atoms with Crippen molar-refractivity contribution >= 4 is 0 Å². The number of hydrogen-bond donors (Lipinski definition) is 1. The van der Waals surface area contributed by atoms with Gasteiger partial charge in [0.25, 0.3) is 0 Å². The molecule has 1 aliphatic rings. The van der Waals surface area contributed by atoms with Crippen LogP contribution in [0.3, 0.4) is 0 Å². The summed E-state index contributed by atoms with van der Waals surface area (Å²) in [5.41, 5.74) is 6.98. The van der Waals surface area contributed by atoms with Gasteiger partial charge in [-0.1, -0.05) is 12.5 Å². The van der Waals surface area contributed by atoms with Crippen LogP contribution in [0.4, 0.5) is 0 Å². The lowest BCUT2D eigenvalue weighted by atomic mass is 9.96. The van der Waals surface area contributed by atoms with Crippen LogP contribution >= 0.6 is 0 Å². The van der Waals surface area contributed by atoms with Crippen molar-refractivity contribution in [2.75, 3.05) is 19.6 Å². The first-order chi connectivity index (χ1) is 7.42. The maximum absolute atomic E-state index is 5.64. The highest BCUT2D eigenvalue weighted by atomic mass is 15.2. The first-order valence-corrected chi connectivity index (χ1v) is 5.76. The van der Waals surface area contributed by atoms with E-state index in [2.05, 4.69) is 16.0 Å². The number of aromatic nitrogens is 1. The van der Waals surface area contributed by atoms with Crippen molar-refractivity contribution < 1.29 is 0 Å². The van der Waals surface area contributed by atoms with Crippen LogP contribution in [-0.2, 0) is 0 Å². The zero-order valence-electron chi connectivity index (χ0n) is 9.10. The molecule has 1 saturated heterocycles. The smallest absolute Gasteiger partial charge is 0.0363 e. The zero-order valence-corrected chi connectivity index (χ0v) is 9.10. The molecule has 15 heavy (non-hydrogen) atoms. The molecule has 0 spiro atoms. The molecule has 1 aromatic rings. The van der Waals surface area contributed by atoms with E-state index in [1.165, 1.54) is 31.4 Å². The van der Waals surface area contributed by atoms with Gasteiger partial charge >= 0.3 is 0 Å². The molecule has 0 amide bonds. The Morgan fingerprint density at radius 1 is 1.47 bits per heavy atom. The van der Waals surface area contributed by atoms with Crippen LogP contribution in [0.1, 0.15) is 30.9 Å². The lowest BCUT2D eigenvalue weighted by molar-refractivity contribution is 0.153. The Kier molecular flexibility index (Phi) is 3.69. The summed E-state index contributed by atoms with van der Waals surface area (Å²) >= 11 is 0. The predicted molar refractivity (Wildman–Crippen MR) is 61.5 cm³/mol. The molecule has 1 fully saturated rings. The topological polar surface area (TPSA) is 42.1 Å². The summed E-state index contributed by atoms with van der Waals surface area (Å²) in [6.07, 6.45) is 7.68. The molecular formula is C12H19N3. The van der Waals surface area contributed by atoms with Crippen molar-refractivity contribution in [3.05, 3.63) is 30.1 Å². The Bertz CT molecular complexity index is 284. The quantitative estimate of drug-likeness (QED) is 0.814. The summed E-state index contributed by atoms with van der Waals surface area (Å²) in [4.78, 5) is 6.68. The van der Waals surface area contributed by atoms with Gasteiger partial charge in [-0.3, -0.25) is 9.88 Å². The SMILES string of the molecule is NCCN1CCCC[C@H]1c1cccnc1. The van der Waals surface area contributed by atoms with Gasteiger partial charge in [-0.05, 0) is 31.0 Å². The number of hydrogen-bond acceptors (Lipinski definition) is 3. The monoisotopic (exact) mass is 205 g/mol. The van der Waals surface area contributed by atoms with Gasteiger partial charge in [0.2, 0.25) is 0 Å². The van der Waals surface area contributed by atoms with E-state index in [1.54, 1.807) is 0 Å². The van der Waals surface area contributed by atoms with E-state index >= 15 is 0 Å². The molecule has 2 N–H and O–H groups in total. The molecule has 2 rings (SSSR count). The van der Waals surface area contributed by atoms with Crippen LogP contribution in [0.2, 0.25) is 0 Å². The van der Waals surface area contributed by atoms with Crippen molar-refractivity contribution in [2.45, 2.75) is 25.3 Å². The Labute approximate surface area is 91.3 Å². The van der Waals surface area contributed by atoms with Crippen molar-refractivity contribution in [1.82, 2.24) is 9.88 Å². The first kappa shape index (κ1) is 10.6. The van der Waals surface area contributed by atoms with Crippen LogP contribution in [0.5, 0.6) is 0 Å². The fourth-order valence-corrected chi connectivity index (χ4v) is 2.38. The molecule has 1 aromatic heterocycles. The van der Waals surface area contributed by atoms with Crippen LogP contribution in [0.15, 0.2) is 24.5 Å². The molecular weight excluding hydrogens is 186 g/mol. The Balaban J connectivity index is 2.11. The molecule has 3 nitrogen and oxygen atoms in total. The third-order valence-corrected chi connectivity index (χ3v) is 3.10. The first-order valence-electron chi connectivity index (χ1n) is 5.76. The van der Waals surface area contributed by atoms with Crippen molar-refractivity contribution in [1.29, 1.82) is 0 Å². The van der Waals surface area contributed by atoms with Crippen molar-refractivity contribution in [3.63, 3.8) is 0 Å². The number of likely N-dealkylation sites (tertiary alicyclic amines) is 1. The highest BCUT2D eigenvalue weighted by molar-refractivity contribution is 5.14. The molecule has 0 aromatic carbocycles. The highest BCUT2D eigenvalue weighted by Crippen LogP contribution is 2.29. The second kappa shape index (κ2) is 5.24. The number of nitrogens with two attached hydrogens (primary N) is 1. The minimum atomic E-state index is 0.538. The molecule has 0 aliphatic carbocycles. The zero-order chi connectivity index (χ0) is 10.5. The highest BCUT2D eigenvalue weighted by Gasteiger charge is 2.22. The standard InChI is InChI=1S/C12H19N3/c13-6-9-15-8-2-1-5-12(15)11-4-3-7-14-10-11/h3-4,7,10,12H,1-2,5-6,8-9,13H2/t12-/m0/s1. The second-order valence-corrected chi connectivity index (χ2v) is 4.12. The van der Waals surface area contributed by atoms with Gasteiger partial charge in [0.05, 0.1) is 0 Å². The van der Waals surface area contributed by atoms with Crippen LogP contribution in [0.25, 0.3) is 0 Å². The fraction of sp³-hybridized carbons (Fsp3) is 0.583. The largest absolute Gasteiger partial charge is 0.329 e. The van der Waals surface area contributed by atoms with Gasteiger partial charge in [-0.2, -0.15) is 0 Å². The van der Waals surface area contributed by atoms with Crippen molar-refractivity contribution in [2.24, 2.45) is 5.73 Å². The Morgan fingerprint density at radius 3 is 3.13 bits per heavy atom. The molecule has 3 heteroatoms. The Hall–Kier alpha value is -0.930. The normalized spacial score (nSPS) is 22.9. The molecule has 82 valence electrons. The van der Waals surface area contributed by atoms with E-state index in [0.29, 0.717) is 6.04 Å². The number of pyridine rings is 1. The lowest BCUT2D eigenvalue weighted by Gasteiger charge is -2.35. The van der Waals surface area contributed by atoms with Gasteiger partial charge in [0.1, 0.15) is 0 Å². The summed E-state index contributed by atoms with van der Waals surface area (Å²) in [5, 5.41) is 0. The number of nitrogens with zero attached hydrogens (tertiary/aromatic N) is 2. The van der Waals surface area contributed by atoms with E-state index in [0.717, 1.165) is 13.1 Å². The lowest BCUT2D eigenvalue weighted by Crippen LogP contribution is -2.37. The average Bonchev–Trinajstić information content (AvgIpc) is 2.31. The number of piperidine rings is 1. The average molecular weight is 205 g/mol.